The fourth-order valence-electron chi connectivity index (χ4n) is 6.95. The van der Waals surface area contributed by atoms with Crippen molar-refractivity contribution >= 4 is 19.8 Å². The highest BCUT2D eigenvalue weighted by molar-refractivity contribution is 7.45. The SMILES string of the molecule is CC/C=C\C/C=C\C/C=C\C/C=C\C/C=C\C/C=C\CCCCCCCCCCC(=O)OC(COC(=O)CCCCCCCCCCCCCCCC)COP(=O)([O-])OCC[N+](C)(C)C. The van der Waals surface area contributed by atoms with Crippen molar-refractivity contribution in [2.45, 2.75) is 219 Å². The van der Waals surface area contributed by atoms with Gasteiger partial charge < -0.3 is 27.9 Å². The molecule has 0 N–H and O–H groups in total. The lowest BCUT2D eigenvalue weighted by atomic mass is 10.0. The molecule has 0 saturated heterocycles. The van der Waals surface area contributed by atoms with Gasteiger partial charge in [-0.1, -0.05) is 209 Å². The molecule has 0 saturated carbocycles. The quantitative estimate of drug-likeness (QED) is 0.0195. The minimum absolute atomic E-state index is 0.0345. The smallest absolute Gasteiger partial charge is 0.306 e. The van der Waals surface area contributed by atoms with Crippen LogP contribution in [-0.2, 0) is 32.7 Å². The van der Waals surface area contributed by atoms with Gasteiger partial charge in [-0.25, -0.2) is 0 Å². The fraction of sp³-hybridized carbons (Fsp3) is 0.745. The van der Waals surface area contributed by atoms with E-state index in [0.717, 1.165) is 83.5 Å². The Morgan fingerprint density at radius 2 is 0.877 bits per heavy atom. The summed E-state index contributed by atoms with van der Waals surface area (Å²) in [7, 11) is 1.16. The highest BCUT2D eigenvalue weighted by atomic mass is 31.2. The number of carbonyl (C=O) groups excluding carboxylic acids is 2. The first kappa shape index (κ1) is 62.4. The lowest BCUT2D eigenvalue weighted by molar-refractivity contribution is -0.870. The normalized spacial score (nSPS) is 14.0. The van der Waals surface area contributed by atoms with Crippen LogP contribution in [0.2, 0.25) is 0 Å². The Kier molecular flexibility index (Phi) is 44.7. The number of esters is 2. The van der Waals surface area contributed by atoms with Gasteiger partial charge in [-0.05, 0) is 64.2 Å². The first-order chi connectivity index (χ1) is 31.5. The molecular formula is C55H98NO8P. The first-order valence-corrected chi connectivity index (χ1v) is 27.6. The molecule has 2 atom stereocenters. The average molecular weight is 932 g/mol. The Bertz CT molecular complexity index is 1330. The molecule has 0 spiro atoms. The zero-order valence-electron chi connectivity index (χ0n) is 42.4. The van der Waals surface area contributed by atoms with Crippen LogP contribution in [0.1, 0.15) is 213 Å². The van der Waals surface area contributed by atoms with Crippen molar-refractivity contribution in [3.63, 3.8) is 0 Å². The maximum Gasteiger partial charge on any atom is 0.306 e. The zero-order chi connectivity index (χ0) is 47.8. The molecule has 0 aliphatic rings. The van der Waals surface area contributed by atoms with Crippen LogP contribution in [0.4, 0.5) is 0 Å². The van der Waals surface area contributed by atoms with Crippen molar-refractivity contribution < 1.29 is 42.1 Å². The number of likely N-dealkylation sites (N-methyl/N-ethyl adjacent to an activating group) is 1. The van der Waals surface area contributed by atoms with E-state index in [4.69, 9.17) is 18.5 Å². The summed E-state index contributed by atoms with van der Waals surface area (Å²) in [5.41, 5.74) is 0. The fourth-order valence-corrected chi connectivity index (χ4v) is 7.68. The van der Waals surface area contributed by atoms with Gasteiger partial charge >= 0.3 is 11.9 Å². The molecule has 65 heavy (non-hydrogen) atoms. The van der Waals surface area contributed by atoms with Gasteiger partial charge in [0.25, 0.3) is 7.82 Å². The van der Waals surface area contributed by atoms with Crippen molar-refractivity contribution in [2.75, 3.05) is 47.5 Å². The molecule has 0 bridgehead atoms. The summed E-state index contributed by atoms with van der Waals surface area (Å²) >= 11 is 0. The number of carbonyl (C=O) groups is 2. The molecule has 0 heterocycles. The van der Waals surface area contributed by atoms with Gasteiger partial charge in [0.05, 0.1) is 27.7 Å². The van der Waals surface area contributed by atoms with Crippen molar-refractivity contribution in [2.24, 2.45) is 0 Å². The van der Waals surface area contributed by atoms with E-state index in [0.29, 0.717) is 17.4 Å². The van der Waals surface area contributed by atoms with Crippen molar-refractivity contribution in [3.8, 4) is 0 Å². The number of hydrogen-bond acceptors (Lipinski definition) is 8. The van der Waals surface area contributed by atoms with Crippen molar-refractivity contribution in [1.29, 1.82) is 0 Å². The Hall–Kier alpha value is -2.55. The summed E-state index contributed by atoms with van der Waals surface area (Å²) in [6.07, 6.45) is 59.3. The van der Waals surface area contributed by atoms with Gasteiger partial charge in [0.15, 0.2) is 6.10 Å². The summed E-state index contributed by atoms with van der Waals surface area (Å²) in [5, 5.41) is 0. The summed E-state index contributed by atoms with van der Waals surface area (Å²) in [6.45, 7) is 4.11. The second-order valence-electron chi connectivity index (χ2n) is 18.5. The van der Waals surface area contributed by atoms with E-state index >= 15 is 0 Å². The lowest BCUT2D eigenvalue weighted by Crippen LogP contribution is -2.37. The van der Waals surface area contributed by atoms with E-state index in [2.05, 4.69) is 86.8 Å². The lowest BCUT2D eigenvalue weighted by Gasteiger charge is -2.28. The summed E-state index contributed by atoms with van der Waals surface area (Å²) < 4.78 is 34.0. The maximum absolute atomic E-state index is 12.8. The Morgan fingerprint density at radius 1 is 0.492 bits per heavy atom. The Balaban J connectivity index is 4.23. The summed E-state index contributed by atoms with van der Waals surface area (Å²) in [6, 6.07) is 0. The van der Waals surface area contributed by atoms with Crippen LogP contribution in [-0.4, -0.2) is 70.0 Å². The second kappa shape index (κ2) is 46.6. The third-order valence-electron chi connectivity index (χ3n) is 11.0. The molecule has 0 amide bonds. The van der Waals surface area contributed by atoms with Crippen molar-refractivity contribution in [1.82, 2.24) is 0 Å². The highest BCUT2D eigenvalue weighted by Gasteiger charge is 2.21. The van der Waals surface area contributed by atoms with Gasteiger partial charge in [0.1, 0.15) is 19.8 Å². The molecule has 0 aromatic rings. The van der Waals surface area contributed by atoms with Crippen LogP contribution in [0.15, 0.2) is 72.9 Å². The van der Waals surface area contributed by atoms with Crippen LogP contribution in [0.3, 0.4) is 0 Å². The van der Waals surface area contributed by atoms with Gasteiger partial charge in [0.2, 0.25) is 0 Å². The number of ether oxygens (including phenoxy) is 2. The molecule has 0 rings (SSSR count). The van der Waals surface area contributed by atoms with Crippen molar-refractivity contribution in [3.05, 3.63) is 72.9 Å². The monoisotopic (exact) mass is 932 g/mol. The molecule has 2 unspecified atom stereocenters. The second-order valence-corrected chi connectivity index (χ2v) is 19.9. The van der Waals surface area contributed by atoms with E-state index in [1.807, 2.05) is 21.1 Å². The van der Waals surface area contributed by atoms with Crippen LogP contribution in [0, 0.1) is 0 Å². The molecule has 0 aliphatic heterocycles. The molecule has 0 fully saturated rings. The summed E-state index contributed by atoms with van der Waals surface area (Å²) in [4.78, 5) is 37.7. The Morgan fingerprint density at radius 3 is 1.31 bits per heavy atom. The van der Waals surface area contributed by atoms with Gasteiger partial charge in [0, 0.05) is 12.8 Å². The topological polar surface area (TPSA) is 111 Å². The molecule has 376 valence electrons. The molecule has 9 nitrogen and oxygen atoms in total. The Labute approximate surface area is 399 Å². The van der Waals surface area contributed by atoms with Crippen LogP contribution in [0.5, 0.6) is 0 Å². The van der Waals surface area contributed by atoms with E-state index in [1.54, 1.807) is 0 Å². The number of allylic oxidation sites excluding steroid dienone is 12. The van der Waals surface area contributed by atoms with Gasteiger partial charge in [-0.3, -0.25) is 14.2 Å². The van der Waals surface area contributed by atoms with Crippen LogP contribution >= 0.6 is 7.82 Å². The minimum atomic E-state index is -4.63. The molecule has 0 aromatic carbocycles. The van der Waals surface area contributed by atoms with Crippen LogP contribution < -0.4 is 4.89 Å². The number of hydrogen-bond donors (Lipinski definition) is 0. The number of rotatable bonds is 47. The van der Waals surface area contributed by atoms with Gasteiger partial charge in [-0.2, -0.15) is 0 Å². The number of phosphoric acid groups is 1. The molecular weight excluding hydrogens is 834 g/mol. The predicted octanol–water partition coefficient (Wildman–Crippen LogP) is 15.1. The van der Waals surface area contributed by atoms with Gasteiger partial charge in [-0.15, -0.1) is 0 Å². The maximum atomic E-state index is 12.8. The standard InChI is InChI=1S/C55H98NO8P/c1-6-8-10-12-14-16-18-20-22-23-24-25-26-27-28-29-30-31-32-33-34-36-38-40-42-44-46-48-55(58)64-53(52-63-65(59,60)62-50-49-56(3,4)5)51-61-54(57)47-45-43-41-39-37-35-21-19-17-15-13-11-9-7-2/h8,10,14,16,20,22,24-25,27-28,30-31,53H,6-7,9,11-13,15,17-19,21,23,26,29,32-52H2,1-5H3/b10-8-,16-14-,22-20-,25-24-,28-27-,31-30-. The number of phosphoric ester groups is 1. The first-order valence-electron chi connectivity index (χ1n) is 26.1. The number of nitrogens with zero attached hydrogens (tertiary/aromatic N) is 1. The van der Waals surface area contributed by atoms with E-state index in [9.17, 15) is 19.0 Å². The van der Waals surface area contributed by atoms with Crippen LogP contribution in [0.25, 0.3) is 0 Å². The third-order valence-corrected chi connectivity index (χ3v) is 12.0. The van der Waals surface area contributed by atoms with E-state index in [1.165, 1.54) is 96.3 Å². The molecule has 10 heteroatoms. The number of quaternary nitrogens is 1. The largest absolute Gasteiger partial charge is 0.756 e. The molecule has 0 radical (unpaired) electrons. The summed E-state index contributed by atoms with van der Waals surface area (Å²) in [5.74, 6) is -0.842. The van der Waals surface area contributed by atoms with E-state index < -0.39 is 26.5 Å². The highest BCUT2D eigenvalue weighted by Crippen LogP contribution is 2.38. The molecule has 0 aliphatic carbocycles. The van der Waals surface area contributed by atoms with E-state index in [-0.39, 0.29) is 32.0 Å². The zero-order valence-corrected chi connectivity index (χ0v) is 43.3. The average Bonchev–Trinajstić information content (AvgIpc) is 3.26. The minimum Gasteiger partial charge on any atom is -0.756 e. The third kappa shape index (κ3) is 50.7. The number of unbranched alkanes of at least 4 members (excludes halogenated alkanes) is 21. The molecule has 0 aromatic heterocycles. The predicted molar refractivity (Wildman–Crippen MR) is 273 cm³/mol.